The molecule has 0 heterocycles. The molecule has 0 saturated heterocycles. The van der Waals surface area contributed by atoms with Gasteiger partial charge in [0.05, 0.1) is 12.3 Å². The second kappa shape index (κ2) is 7.85. The number of carbonyl (C=O) groups excluding carboxylic acids is 1. The lowest BCUT2D eigenvalue weighted by atomic mass is 10.0. The van der Waals surface area contributed by atoms with Crippen LogP contribution < -0.4 is 5.43 Å². The highest BCUT2D eigenvalue weighted by Gasteiger charge is 2.06. The van der Waals surface area contributed by atoms with Crippen molar-refractivity contribution in [2.45, 2.75) is 13.3 Å². The summed E-state index contributed by atoms with van der Waals surface area (Å²) in [4.78, 5) is 11.4. The Morgan fingerprint density at radius 1 is 1.05 bits per heavy atom. The molecule has 4 heteroatoms. The van der Waals surface area contributed by atoms with Crippen molar-refractivity contribution in [2.75, 3.05) is 6.61 Å². The molecule has 108 valence electrons. The molecule has 0 aliphatic rings. The topological polar surface area (TPSA) is 50.7 Å². The van der Waals surface area contributed by atoms with Gasteiger partial charge in [-0.3, -0.25) is 0 Å². The van der Waals surface area contributed by atoms with Gasteiger partial charge in [-0.25, -0.2) is 10.2 Å². The maximum absolute atomic E-state index is 11.4. The van der Waals surface area contributed by atoms with Crippen LogP contribution >= 0.6 is 0 Å². The first-order chi connectivity index (χ1) is 10.3. The third-order valence-corrected chi connectivity index (χ3v) is 2.88. The number of benzene rings is 2. The minimum atomic E-state index is -0.543. The van der Waals surface area contributed by atoms with Crippen LogP contribution in [0, 0.1) is 0 Å². The van der Waals surface area contributed by atoms with Gasteiger partial charge in [-0.1, -0.05) is 60.7 Å². The van der Waals surface area contributed by atoms with Crippen LogP contribution in [0.15, 0.2) is 65.8 Å². The molecule has 0 aliphatic heterocycles. The van der Waals surface area contributed by atoms with Crippen LogP contribution in [0.5, 0.6) is 0 Å². The van der Waals surface area contributed by atoms with Crippen LogP contribution in [0.1, 0.15) is 18.1 Å². The van der Waals surface area contributed by atoms with Gasteiger partial charge in [-0.15, -0.1) is 0 Å². The van der Waals surface area contributed by atoms with Crippen molar-refractivity contribution in [3.8, 4) is 0 Å². The predicted molar refractivity (Wildman–Crippen MR) is 83.3 cm³/mol. The summed E-state index contributed by atoms with van der Waals surface area (Å²) in [5.41, 5.74) is 5.32. The first kappa shape index (κ1) is 14.8. The van der Waals surface area contributed by atoms with Crippen LogP contribution in [0.4, 0.5) is 4.79 Å². The standard InChI is InChI=1S/C17H18N2O2/c1-2-21-17(20)19-18-16(15-11-7-4-8-12-15)13-14-9-5-3-6-10-14/h3-12H,2,13H2,1H3,(H,19,20)/b18-16+. The Balaban J connectivity index is 2.18. The van der Waals surface area contributed by atoms with Crippen LogP contribution in [0.2, 0.25) is 0 Å². The van der Waals surface area contributed by atoms with E-state index < -0.39 is 6.09 Å². The summed E-state index contributed by atoms with van der Waals surface area (Å²) in [6.07, 6.45) is 0.0936. The predicted octanol–water partition coefficient (Wildman–Crippen LogP) is 3.38. The van der Waals surface area contributed by atoms with E-state index in [4.69, 9.17) is 4.74 Å². The molecule has 0 aliphatic carbocycles. The van der Waals surface area contributed by atoms with Gasteiger partial charge in [0, 0.05) is 6.42 Å². The monoisotopic (exact) mass is 282 g/mol. The van der Waals surface area contributed by atoms with E-state index in [0.29, 0.717) is 13.0 Å². The molecule has 2 aromatic rings. The highest BCUT2D eigenvalue weighted by molar-refractivity contribution is 6.02. The van der Waals surface area contributed by atoms with E-state index in [9.17, 15) is 4.79 Å². The average Bonchev–Trinajstić information content (AvgIpc) is 2.53. The lowest BCUT2D eigenvalue weighted by molar-refractivity contribution is 0.152. The van der Waals surface area contributed by atoms with Crippen molar-refractivity contribution in [1.29, 1.82) is 0 Å². The number of carbonyl (C=O) groups is 1. The van der Waals surface area contributed by atoms with E-state index >= 15 is 0 Å². The van der Waals surface area contributed by atoms with E-state index in [-0.39, 0.29) is 0 Å². The Labute approximate surface area is 124 Å². The molecule has 0 bridgehead atoms. The van der Waals surface area contributed by atoms with Gasteiger partial charge in [0.2, 0.25) is 0 Å². The van der Waals surface area contributed by atoms with Gasteiger partial charge in [0.15, 0.2) is 0 Å². The summed E-state index contributed by atoms with van der Waals surface area (Å²) in [6.45, 7) is 2.08. The second-order valence-corrected chi connectivity index (χ2v) is 4.42. The number of hydrogen-bond acceptors (Lipinski definition) is 3. The Morgan fingerprint density at radius 3 is 2.29 bits per heavy atom. The molecule has 0 radical (unpaired) electrons. The fraction of sp³-hybridized carbons (Fsp3) is 0.176. The van der Waals surface area contributed by atoms with E-state index in [2.05, 4.69) is 10.5 Å². The summed E-state index contributed by atoms with van der Waals surface area (Å²) in [5, 5.41) is 4.20. The molecule has 0 fully saturated rings. The Hall–Kier alpha value is -2.62. The molecule has 1 amide bonds. The van der Waals surface area contributed by atoms with Gasteiger partial charge in [0.1, 0.15) is 0 Å². The zero-order valence-corrected chi connectivity index (χ0v) is 12.0. The molecule has 0 spiro atoms. The molecule has 0 unspecified atom stereocenters. The van der Waals surface area contributed by atoms with E-state index in [1.807, 2.05) is 60.7 Å². The zero-order chi connectivity index (χ0) is 14.9. The lowest BCUT2D eigenvalue weighted by Gasteiger charge is -2.08. The van der Waals surface area contributed by atoms with Gasteiger partial charge in [-0.2, -0.15) is 5.10 Å². The van der Waals surface area contributed by atoms with E-state index in [0.717, 1.165) is 16.8 Å². The summed E-state index contributed by atoms with van der Waals surface area (Å²) < 4.78 is 4.82. The van der Waals surface area contributed by atoms with Crippen LogP contribution in [-0.2, 0) is 11.2 Å². The minimum Gasteiger partial charge on any atom is -0.449 e. The Kier molecular flexibility index (Phi) is 5.52. The molecule has 1 N–H and O–H groups in total. The van der Waals surface area contributed by atoms with Gasteiger partial charge < -0.3 is 4.74 Å². The minimum absolute atomic E-state index is 0.320. The van der Waals surface area contributed by atoms with Gasteiger partial charge in [0.25, 0.3) is 0 Å². The van der Waals surface area contributed by atoms with Gasteiger partial charge >= 0.3 is 6.09 Å². The molecule has 0 atom stereocenters. The van der Waals surface area contributed by atoms with Gasteiger partial charge in [-0.05, 0) is 18.1 Å². The highest BCUT2D eigenvalue weighted by atomic mass is 16.5. The third-order valence-electron chi connectivity index (χ3n) is 2.88. The van der Waals surface area contributed by atoms with Crippen LogP contribution in [-0.4, -0.2) is 18.4 Å². The molecular formula is C17H18N2O2. The fourth-order valence-electron chi connectivity index (χ4n) is 1.90. The number of hydrogen-bond donors (Lipinski definition) is 1. The summed E-state index contributed by atoms with van der Waals surface area (Å²) in [5.74, 6) is 0. The maximum atomic E-state index is 11.4. The van der Waals surface area contributed by atoms with Crippen molar-refractivity contribution in [1.82, 2.24) is 5.43 Å². The molecular weight excluding hydrogens is 264 g/mol. The van der Waals surface area contributed by atoms with Crippen molar-refractivity contribution in [3.63, 3.8) is 0 Å². The molecule has 21 heavy (non-hydrogen) atoms. The first-order valence-corrected chi connectivity index (χ1v) is 6.88. The molecule has 2 rings (SSSR count). The van der Waals surface area contributed by atoms with Crippen molar-refractivity contribution in [2.24, 2.45) is 5.10 Å². The number of rotatable bonds is 5. The smallest absolute Gasteiger partial charge is 0.427 e. The number of ether oxygens (including phenoxy) is 1. The summed E-state index contributed by atoms with van der Waals surface area (Å²) >= 11 is 0. The third kappa shape index (κ3) is 4.76. The van der Waals surface area contributed by atoms with E-state index in [1.54, 1.807) is 6.92 Å². The quantitative estimate of drug-likeness (QED) is 0.675. The molecule has 2 aromatic carbocycles. The number of nitrogens with zero attached hydrogens (tertiary/aromatic N) is 1. The SMILES string of the molecule is CCOC(=O)N/N=C(\Cc1ccccc1)c1ccccc1. The number of hydrazone groups is 1. The molecule has 0 saturated carbocycles. The Morgan fingerprint density at radius 2 is 1.67 bits per heavy atom. The maximum Gasteiger partial charge on any atom is 0.427 e. The van der Waals surface area contributed by atoms with Crippen molar-refractivity contribution >= 4 is 11.8 Å². The van der Waals surface area contributed by atoms with Crippen molar-refractivity contribution in [3.05, 3.63) is 71.8 Å². The fourth-order valence-corrected chi connectivity index (χ4v) is 1.90. The van der Waals surface area contributed by atoms with Crippen LogP contribution in [0.3, 0.4) is 0 Å². The largest absolute Gasteiger partial charge is 0.449 e. The zero-order valence-electron chi connectivity index (χ0n) is 12.0. The normalized spacial score (nSPS) is 11.0. The highest BCUT2D eigenvalue weighted by Crippen LogP contribution is 2.08. The second-order valence-electron chi connectivity index (χ2n) is 4.42. The number of nitrogens with one attached hydrogen (secondary N) is 1. The van der Waals surface area contributed by atoms with Crippen LogP contribution in [0.25, 0.3) is 0 Å². The molecule has 0 aromatic heterocycles. The summed E-state index contributed by atoms with van der Waals surface area (Å²) in [7, 11) is 0. The number of amides is 1. The lowest BCUT2D eigenvalue weighted by Crippen LogP contribution is -2.21. The Bertz CT molecular complexity index is 595. The van der Waals surface area contributed by atoms with Crippen molar-refractivity contribution < 1.29 is 9.53 Å². The molecule has 4 nitrogen and oxygen atoms in total. The average molecular weight is 282 g/mol. The summed E-state index contributed by atoms with van der Waals surface area (Å²) in [6, 6.07) is 19.8. The van der Waals surface area contributed by atoms with E-state index in [1.165, 1.54) is 0 Å². The first-order valence-electron chi connectivity index (χ1n) is 6.88.